The first-order chi connectivity index (χ1) is 13.8. The summed E-state index contributed by atoms with van der Waals surface area (Å²) >= 11 is 0. The molecule has 2 aromatic heterocycles. The van der Waals surface area contributed by atoms with Crippen molar-refractivity contribution < 1.29 is 13.9 Å². The number of methoxy groups -OCH3 is 1. The highest BCUT2D eigenvalue weighted by molar-refractivity contribution is 14.0. The van der Waals surface area contributed by atoms with Gasteiger partial charge in [0.05, 0.1) is 13.4 Å². The molecule has 0 saturated carbocycles. The Kier molecular flexibility index (Phi) is 9.29. The molecule has 3 aromatic rings. The zero-order chi connectivity index (χ0) is 19.6. The summed E-state index contributed by atoms with van der Waals surface area (Å²) in [5.41, 5.74) is 1.02. The van der Waals surface area contributed by atoms with Crippen molar-refractivity contribution in [2.75, 3.05) is 20.7 Å². The van der Waals surface area contributed by atoms with Crippen LogP contribution in [-0.4, -0.2) is 31.6 Å². The quantitative estimate of drug-likeness (QED) is 0.272. The molecular weight excluding hydrogens is 483 g/mol. The minimum Gasteiger partial charge on any atom is -0.497 e. The third kappa shape index (κ3) is 7.30. The number of hydrogen-bond donors (Lipinski definition) is 2. The smallest absolute Gasteiger partial charge is 0.219 e. The van der Waals surface area contributed by atoms with Gasteiger partial charge in [-0.1, -0.05) is 12.1 Å². The fourth-order valence-electron chi connectivity index (χ4n) is 2.53. The Balaban J connectivity index is 0.00000300. The van der Waals surface area contributed by atoms with Gasteiger partial charge in [-0.15, -0.1) is 24.0 Å². The van der Waals surface area contributed by atoms with E-state index in [0.717, 1.165) is 36.0 Å². The van der Waals surface area contributed by atoms with Crippen molar-refractivity contribution in [1.82, 2.24) is 15.6 Å². The number of guanidine groups is 1. The van der Waals surface area contributed by atoms with Crippen molar-refractivity contribution in [1.29, 1.82) is 0 Å². The van der Waals surface area contributed by atoms with Gasteiger partial charge in [-0.05, 0) is 29.8 Å². The zero-order valence-electron chi connectivity index (χ0n) is 16.4. The Morgan fingerprint density at radius 3 is 2.66 bits per heavy atom. The molecule has 2 N–H and O–H groups in total. The van der Waals surface area contributed by atoms with Gasteiger partial charge < -0.3 is 24.5 Å². The van der Waals surface area contributed by atoms with Gasteiger partial charge in [0.15, 0.2) is 5.96 Å². The second-order valence-corrected chi connectivity index (χ2v) is 5.97. The first kappa shape index (κ1) is 22.5. The summed E-state index contributed by atoms with van der Waals surface area (Å²) in [4.78, 5) is 8.57. The van der Waals surface area contributed by atoms with Gasteiger partial charge in [0, 0.05) is 44.9 Å². The number of halogens is 1. The van der Waals surface area contributed by atoms with Crippen molar-refractivity contribution in [2.45, 2.75) is 13.0 Å². The molecule has 0 amide bonds. The van der Waals surface area contributed by atoms with Gasteiger partial charge in [-0.3, -0.25) is 4.99 Å². The largest absolute Gasteiger partial charge is 0.497 e. The van der Waals surface area contributed by atoms with Gasteiger partial charge in [0.25, 0.3) is 0 Å². The van der Waals surface area contributed by atoms with Crippen LogP contribution in [0.25, 0.3) is 0 Å². The summed E-state index contributed by atoms with van der Waals surface area (Å²) in [6, 6.07) is 15.1. The summed E-state index contributed by atoms with van der Waals surface area (Å²) < 4.78 is 16.3. The van der Waals surface area contributed by atoms with Crippen LogP contribution >= 0.6 is 24.0 Å². The predicted molar refractivity (Wildman–Crippen MR) is 123 cm³/mol. The molecule has 0 saturated heterocycles. The van der Waals surface area contributed by atoms with E-state index in [1.807, 2.05) is 48.5 Å². The maximum atomic E-state index is 5.75. The van der Waals surface area contributed by atoms with Crippen LogP contribution in [0, 0.1) is 0 Å². The van der Waals surface area contributed by atoms with Gasteiger partial charge in [0.2, 0.25) is 5.88 Å². The fourth-order valence-corrected chi connectivity index (χ4v) is 2.53. The molecule has 2 heterocycles. The maximum absolute atomic E-state index is 5.75. The SMILES string of the molecule is CN=C(NCCc1ccco1)NCc1ccc(Oc2cccc(OC)c2)nc1.I. The van der Waals surface area contributed by atoms with Crippen LogP contribution in [0.15, 0.2) is 70.4 Å². The summed E-state index contributed by atoms with van der Waals surface area (Å²) in [7, 11) is 3.37. The molecular formula is C21H25IN4O3. The van der Waals surface area contributed by atoms with Gasteiger partial charge in [0.1, 0.15) is 17.3 Å². The minimum atomic E-state index is 0. The van der Waals surface area contributed by atoms with E-state index in [1.165, 1.54) is 0 Å². The molecule has 0 aliphatic heterocycles. The van der Waals surface area contributed by atoms with E-state index in [4.69, 9.17) is 13.9 Å². The molecule has 1 aromatic carbocycles. The standard InChI is InChI=1S/C21H24N4O3.HI/c1-22-21(23-11-10-17-7-4-12-27-17)25-15-16-8-9-20(24-14-16)28-19-6-3-5-18(13-19)26-2;/h3-9,12-14H,10-11,15H2,1-2H3,(H2,22,23,25);1H. The number of benzene rings is 1. The van der Waals surface area contributed by atoms with Crippen LogP contribution in [0.1, 0.15) is 11.3 Å². The summed E-state index contributed by atoms with van der Waals surface area (Å²) in [5.74, 6) is 3.61. The van der Waals surface area contributed by atoms with Crippen LogP contribution in [-0.2, 0) is 13.0 Å². The molecule has 0 aliphatic rings. The molecule has 0 bridgehead atoms. The van der Waals surface area contributed by atoms with Crippen molar-refractivity contribution in [3.8, 4) is 17.4 Å². The molecule has 0 aliphatic carbocycles. The molecule has 0 atom stereocenters. The number of aliphatic imine (C=N–C) groups is 1. The molecule has 29 heavy (non-hydrogen) atoms. The van der Waals surface area contributed by atoms with Crippen molar-refractivity contribution in [2.24, 2.45) is 4.99 Å². The number of furan rings is 1. The minimum absolute atomic E-state index is 0. The highest BCUT2D eigenvalue weighted by Crippen LogP contribution is 2.23. The van der Waals surface area contributed by atoms with E-state index in [-0.39, 0.29) is 24.0 Å². The molecule has 154 valence electrons. The van der Waals surface area contributed by atoms with Gasteiger partial charge >= 0.3 is 0 Å². The Labute approximate surface area is 187 Å². The van der Waals surface area contributed by atoms with Gasteiger partial charge in [-0.2, -0.15) is 0 Å². The number of ether oxygens (including phenoxy) is 2. The second kappa shape index (κ2) is 11.9. The predicted octanol–water partition coefficient (Wildman–Crippen LogP) is 4.00. The van der Waals surface area contributed by atoms with E-state index in [0.29, 0.717) is 18.2 Å². The molecule has 8 heteroatoms. The second-order valence-electron chi connectivity index (χ2n) is 5.97. The molecule has 0 radical (unpaired) electrons. The normalized spacial score (nSPS) is 10.8. The van der Waals surface area contributed by atoms with E-state index in [2.05, 4.69) is 20.6 Å². The van der Waals surface area contributed by atoms with Crippen LogP contribution in [0.5, 0.6) is 17.4 Å². The third-order valence-electron chi connectivity index (χ3n) is 3.99. The summed E-state index contributed by atoms with van der Waals surface area (Å²) in [6.45, 7) is 1.34. The zero-order valence-corrected chi connectivity index (χ0v) is 18.8. The lowest BCUT2D eigenvalue weighted by Gasteiger charge is -2.12. The Hall–Kier alpha value is -2.75. The van der Waals surface area contributed by atoms with E-state index in [1.54, 1.807) is 26.6 Å². The van der Waals surface area contributed by atoms with Crippen LogP contribution in [0.3, 0.4) is 0 Å². The van der Waals surface area contributed by atoms with Crippen LogP contribution in [0.4, 0.5) is 0 Å². The Bertz CT molecular complexity index is 883. The number of nitrogens with zero attached hydrogens (tertiary/aromatic N) is 2. The molecule has 0 spiro atoms. The third-order valence-corrected chi connectivity index (χ3v) is 3.99. The van der Waals surface area contributed by atoms with Crippen LogP contribution in [0.2, 0.25) is 0 Å². The fraction of sp³-hybridized carbons (Fsp3) is 0.238. The Morgan fingerprint density at radius 2 is 1.97 bits per heavy atom. The first-order valence-corrected chi connectivity index (χ1v) is 9.00. The lowest BCUT2D eigenvalue weighted by molar-refractivity contribution is 0.407. The number of hydrogen-bond acceptors (Lipinski definition) is 5. The average Bonchev–Trinajstić information content (AvgIpc) is 3.25. The van der Waals surface area contributed by atoms with Crippen molar-refractivity contribution in [3.63, 3.8) is 0 Å². The highest BCUT2D eigenvalue weighted by atomic mass is 127. The number of nitrogens with one attached hydrogen (secondary N) is 2. The van der Waals surface area contributed by atoms with Crippen LogP contribution < -0.4 is 20.1 Å². The molecule has 0 fully saturated rings. The van der Waals surface area contributed by atoms with E-state index < -0.39 is 0 Å². The molecule has 3 rings (SSSR count). The first-order valence-electron chi connectivity index (χ1n) is 9.00. The topological polar surface area (TPSA) is 80.9 Å². The number of pyridine rings is 1. The Morgan fingerprint density at radius 1 is 1.10 bits per heavy atom. The van der Waals surface area contributed by atoms with E-state index >= 15 is 0 Å². The van der Waals surface area contributed by atoms with E-state index in [9.17, 15) is 0 Å². The summed E-state index contributed by atoms with van der Waals surface area (Å²) in [5, 5.41) is 6.52. The van der Waals surface area contributed by atoms with Crippen molar-refractivity contribution >= 4 is 29.9 Å². The number of rotatable bonds is 8. The van der Waals surface area contributed by atoms with Crippen molar-refractivity contribution in [3.05, 3.63) is 72.3 Å². The average molecular weight is 508 g/mol. The molecule has 7 nitrogen and oxygen atoms in total. The monoisotopic (exact) mass is 508 g/mol. The lowest BCUT2D eigenvalue weighted by atomic mass is 10.3. The highest BCUT2D eigenvalue weighted by Gasteiger charge is 2.03. The molecule has 0 unspecified atom stereocenters. The maximum Gasteiger partial charge on any atom is 0.219 e. The van der Waals surface area contributed by atoms with Gasteiger partial charge in [-0.25, -0.2) is 4.98 Å². The summed E-state index contributed by atoms with van der Waals surface area (Å²) in [6.07, 6.45) is 4.25. The lowest BCUT2D eigenvalue weighted by Crippen LogP contribution is -2.37. The number of aromatic nitrogens is 1.